The lowest BCUT2D eigenvalue weighted by Crippen LogP contribution is -2.49. The van der Waals surface area contributed by atoms with Crippen LogP contribution in [0.5, 0.6) is 0 Å². The Hall–Kier alpha value is -0.320. The Balaban J connectivity index is 0.00000120. The molecule has 3 rings (SSSR count). The summed E-state index contributed by atoms with van der Waals surface area (Å²) in [4.78, 5) is 18.5. The summed E-state index contributed by atoms with van der Waals surface area (Å²) < 4.78 is 0. The van der Waals surface area contributed by atoms with Crippen molar-refractivity contribution in [2.24, 2.45) is 5.92 Å². The molecule has 102 valence electrons. The molecule has 3 nitrogen and oxygen atoms in total. The van der Waals surface area contributed by atoms with E-state index < -0.39 is 0 Å². The number of hydrogen-bond donors (Lipinski definition) is 1. The Labute approximate surface area is 118 Å². The molecule has 1 fully saturated rings. The normalized spacial score (nSPS) is 27.2. The highest BCUT2D eigenvalue weighted by molar-refractivity contribution is 7.09. The maximum absolute atomic E-state index is 11.4. The second-order valence-electron chi connectivity index (χ2n) is 5.33. The number of nitrogens with zero attached hydrogens (tertiary/aromatic N) is 1. The van der Waals surface area contributed by atoms with E-state index in [0.717, 1.165) is 18.8 Å². The van der Waals surface area contributed by atoms with Gasteiger partial charge in [0.1, 0.15) is 0 Å². The minimum Gasteiger partial charge on any atom is -0.316 e. The topological polar surface area (TPSA) is 36.1 Å². The van der Waals surface area contributed by atoms with Gasteiger partial charge in [-0.2, -0.15) is 0 Å². The molecule has 2 aliphatic rings. The molecule has 18 heavy (non-hydrogen) atoms. The van der Waals surface area contributed by atoms with Crippen LogP contribution in [0.1, 0.15) is 36.8 Å². The zero-order chi connectivity index (χ0) is 11.8. The van der Waals surface area contributed by atoms with Crippen LogP contribution in [0.2, 0.25) is 0 Å². The molecular formula is C13H21ClN2OS. The predicted molar refractivity (Wildman–Crippen MR) is 78.0 cm³/mol. The predicted octanol–water partition coefficient (Wildman–Crippen LogP) is 2.45. The number of piperidine rings is 1. The number of aromatic nitrogens is 1. The lowest BCUT2D eigenvalue weighted by molar-refractivity contribution is 0.0857. The number of hydrogen-bond acceptors (Lipinski definition) is 3. The fourth-order valence-corrected chi connectivity index (χ4v) is 4.40. The van der Waals surface area contributed by atoms with Crippen molar-refractivity contribution in [3.8, 4) is 0 Å². The van der Waals surface area contributed by atoms with Gasteiger partial charge >= 0.3 is 4.87 Å². The molecule has 0 spiro atoms. The second-order valence-corrected chi connectivity index (χ2v) is 6.40. The van der Waals surface area contributed by atoms with Gasteiger partial charge in [-0.1, -0.05) is 18.3 Å². The largest absolute Gasteiger partial charge is 0.316 e. The van der Waals surface area contributed by atoms with E-state index in [1.54, 1.807) is 0 Å². The van der Waals surface area contributed by atoms with Gasteiger partial charge < -0.3 is 4.98 Å². The van der Waals surface area contributed by atoms with Crippen LogP contribution in [0.25, 0.3) is 0 Å². The Morgan fingerprint density at radius 1 is 1.44 bits per heavy atom. The average Bonchev–Trinajstić information content (AvgIpc) is 2.66. The first-order chi connectivity index (χ1) is 8.28. The van der Waals surface area contributed by atoms with Crippen LogP contribution in [0.15, 0.2) is 4.79 Å². The third-order valence-corrected chi connectivity index (χ3v) is 5.16. The summed E-state index contributed by atoms with van der Waals surface area (Å²) in [6.07, 6.45) is 6.09. The van der Waals surface area contributed by atoms with Crippen molar-refractivity contribution >= 4 is 23.7 Å². The number of thiazole rings is 1. The van der Waals surface area contributed by atoms with Crippen LogP contribution in [0.3, 0.4) is 0 Å². The molecule has 1 aliphatic carbocycles. The second kappa shape index (κ2) is 5.76. The van der Waals surface area contributed by atoms with Gasteiger partial charge in [0.15, 0.2) is 0 Å². The minimum absolute atomic E-state index is 0. The molecular weight excluding hydrogens is 268 g/mol. The highest BCUT2D eigenvalue weighted by atomic mass is 35.5. The van der Waals surface area contributed by atoms with Crippen LogP contribution in [0, 0.1) is 5.92 Å². The summed E-state index contributed by atoms with van der Waals surface area (Å²) in [7, 11) is 0. The SMILES string of the molecule is CCCN1CCCC2Cc3[nH]c(=O)sc3CC21.Cl. The van der Waals surface area contributed by atoms with Crippen LogP contribution in [-0.4, -0.2) is 29.0 Å². The molecule has 5 heteroatoms. The number of H-pyrrole nitrogens is 1. The molecule has 0 saturated carbocycles. The molecule has 1 saturated heterocycles. The zero-order valence-electron chi connectivity index (χ0n) is 10.8. The van der Waals surface area contributed by atoms with Gasteiger partial charge in [0, 0.05) is 16.6 Å². The number of likely N-dealkylation sites (tertiary alicyclic amines) is 1. The first-order valence-corrected chi connectivity index (χ1v) is 7.54. The van der Waals surface area contributed by atoms with Crippen molar-refractivity contribution in [1.29, 1.82) is 0 Å². The monoisotopic (exact) mass is 288 g/mol. The summed E-state index contributed by atoms with van der Waals surface area (Å²) >= 11 is 1.43. The molecule has 0 aromatic carbocycles. The van der Waals surface area contributed by atoms with Crippen LogP contribution >= 0.6 is 23.7 Å². The van der Waals surface area contributed by atoms with E-state index in [1.807, 2.05) is 0 Å². The number of nitrogens with one attached hydrogen (secondary N) is 1. The summed E-state index contributed by atoms with van der Waals surface area (Å²) in [6.45, 7) is 4.73. The van der Waals surface area contributed by atoms with E-state index in [4.69, 9.17) is 0 Å². The van der Waals surface area contributed by atoms with Gasteiger partial charge in [-0.15, -0.1) is 12.4 Å². The first kappa shape index (κ1) is 14.1. The molecule has 1 aromatic rings. The Bertz CT molecular complexity index is 454. The molecule has 2 heterocycles. The number of rotatable bonds is 2. The maximum Gasteiger partial charge on any atom is 0.304 e. The van der Waals surface area contributed by atoms with Gasteiger partial charge in [-0.05, 0) is 51.1 Å². The quantitative estimate of drug-likeness (QED) is 0.907. The Morgan fingerprint density at radius 2 is 2.28 bits per heavy atom. The maximum atomic E-state index is 11.4. The molecule has 1 aliphatic heterocycles. The van der Waals surface area contributed by atoms with Crippen molar-refractivity contribution in [2.75, 3.05) is 13.1 Å². The summed E-state index contributed by atoms with van der Waals surface area (Å²) in [5, 5.41) is 0. The van der Waals surface area contributed by atoms with Gasteiger partial charge in [0.2, 0.25) is 0 Å². The third-order valence-electron chi connectivity index (χ3n) is 4.21. The lowest BCUT2D eigenvalue weighted by atomic mass is 9.79. The van der Waals surface area contributed by atoms with E-state index in [0.29, 0.717) is 6.04 Å². The van der Waals surface area contributed by atoms with Crippen molar-refractivity contribution in [3.63, 3.8) is 0 Å². The van der Waals surface area contributed by atoms with Crippen LogP contribution < -0.4 is 4.87 Å². The fourth-order valence-electron chi connectivity index (χ4n) is 3.49. The van der Waals surface area contributed by atoms with Crippen LogP contribution in [-0.2, 0) is 12.8 Å². The molecule has 1 N–H and O–H groups in total. The van der Waals surface area contributed by atoms with E-state index in [9.17, 15) is 4.79 Å². The van der Waals surface area contributed by atoms with Crippen molar-refractivity contribution in [1.82, 2.24) is 9.88 Å². The highest BCUT2D eigenvalue weighted by Gasteiger charge is 2.36. The minimum atomic E-state index is 0. The molecule has 0 bridgehead atoms. The standard InChI is InChI=1S/C13H20N2OS.ClH/c1-2-5-15-6-3-4-9-7-10-12(8-11(9)15)17-13(16)14-10;/h9,11H,2-8H2,1H3,(H,14,16);1H. The lowest BCUT2D eigenvalue weighted by Gasteiger charge is -2.43. The van der Waals surface area contributed by atoms with Gasteiger partial charge in [-0.25, -0.2) is 0 Å². The van der Waals surface area contributed by atoms with E-state index in [2.05, 4.69) is 16.8 Å². The highest BCUT2D eigenvalue weighted by Crippen LogP contribution is 2.35. The van der Waals surface area contributed by atoms with Gasteiger partial charge in [0.05, 0.1) is 0 Å². The molecule has 2 atom stereocenters. The number of aromatic amines is 1. The smallest absolute Gasteiger partial charge is 0.304 e. The number of halogens is 1. The fraction of sp³-hybridized carbons (Fsp3) is 0.769. The van der Waals surface area contributed by atoms with Crippen molar-refractivity contribution in [2.45, 2.75) is 45.1 Å². The van der Waals surface area contributed by atoms with E-state index in [1.165, 1.54) is 54.3 Å². The van der Waals surface area contributed by atoms with Crippen LogP contribution in [0.4, 0.5) is 0 Å². The Morgan fingerprint density at radius 3 is 3.06 bits per heavy atom. The molecule has 0 radical (unpaired) electrons. The third kappa shape index (κ3) is 2.51. The first-order valence-electron chi connectivity index (χ1n) is 6.73. The molecule has 1 aromatic heterocycles. The van der Waals surface area contributed by atoms with Crippen molar-refractivity contribution in [3.05, 3.63) is 20.2 Å². The van der Waals surface area contributed by atoms with E-state index >= 15 is 0 Å². The number of fused-ring (bicyclic) bond motifs is 2. The zero-order valence-corrected chi connectivity index (χ0v) is 12.4. The van der Waals surface area contributed by atoms with Gasteiger partial charge in [0.25, 0.3) is 0 Å². The van der Waals surface area contributed by atoms with E-state index in [-0.39, 0.29) is 17.3 Å². The van der Waals surface area contributed by atoms with Crippen molar-refractivity contribution < 1.29 is 0 Å². The van der Waals surface area contributed by atoms with Gasteiger partial charge in [-0.3, -0.25) is 9.69 Å². The summed E-state index contributed by atoms with van der Waals surface area (Å²) in [5.41, 5.74) is 1.24. The average molecular weight is 289 g/mol. The molecule has 2 unspecified atom stereocenters. The Kier molecular flexibility index (Phi) is 4.51. The summed E-state index contributed by atoms with van der Waals surface area (Å²) in [5.74, 6) is 0.771. The molecule has 0 amide bonds. The summed E-state index contributed by atoms with van der Waals surface area (Å²) in [6, 6.07) is 0.697.